The van der Waals surface area contributed by atoms with Crippen molar-refractivity contribution in [1.82, 2.24) is 10.2 Å². The molecule has 3 rings (SSSR count). The summed E-state index contributed by atoms with van der Waals surface area (Å²) >= 11 is 5.05. The van der Waals surface area contributed by atoms with Crippen LogP contribution in [0.15, 0.2) is 22.7 Å². The summed E-state index contributed by atoms with van der Waals surface area (Å²) in [7, 11) is 0. The highest BCUT2D eigenvalue weighted by Crippen LogP contribution is 2.47. The molecule has 3 amide bonds. The van der Waals surface area contributed by atoms with Gasteiger partial charge < -0.3 is 15.5 Å². The fourth-order valence-electron chi connectivity index (χ4n) is 3.37. The molecule has 8 heteroatoms. The highest BCUT2D eigenvalue weighted by molar-refractivity contribution is 9.10. The average Bonchev–Trinajstić information content (AvgIpc) is 3.07. The molecule has 0 aromatic heterocycles. The maximum Gasteiger partial charge on any atom is 0.243 e. The summed E-state index contributed by atoms with van der Waals surface area (Å²) in [4.78, 5) is 38.1. The Bertz CT molecular complexity index is 757. The molecular weight excluding hydrogens is 418 g/mol. The van der Waals surface area contributed by atoms with Crippen molar-refractivity contribution in [2.75, 3.05) is 17.6 Å². The number of carbonyl (C=O) groups excluding carboxylic acids is 3. The third-order valence-corrected chi connectivity index (χ3v) is 6.87. The minimum absolute atomic E-state index is 0.0422. The van der Waals surface area contributed by atoms with Crippen LogP contribution in [0.4, 0.5) is 5.69 Å². The van der Waals surface area contributed by atoms with Crippen LogP contribution in [0.25, 0.3) is 0 Å². The number of nitrogens with one attached hydrogen (secondary N) is 2. The molecule has 2 N–H and O–H groups in total. The Kier molecular flexibility index (Phi) is 5.62. The molecule has 140 valence electrons. The maximum absolute atomic E-state index is 12.5. The van der Waals surface area contributed by atoms with Gasteiger partial charge in [0.1, 0.15) is 6.04 Å². The van der Waals surface area contributed by atoms with Crippen molar-refractivity contribution in [2.45, 2.75) is 44.0 Å². The van der Waals surface area contributed by atoms with Crippen LogP contribution in [-0.4, -0.2) is 45.8 Å². The first kappa shape index (κ1) is 19.2. The number of hydrogen-bond donors (Lipinski definition) is 2. The number of fused-ring (bicyclic) bond motifs is 1. The molecule has 2 unspecified atom stereocenters. The number of nitrogens with zero attached hydrogens (tertiary/aromatic N) is 1. The lowest BCUT2D eigenvalue weighted by Gasteiger charge is -2.29. The lowest BCUT2D eigenvalue weighted by atomic mass is 10.2. The first-order valence-corrected chi connectivity index (χ1v) is 10.4. The smallest absolute Gasteiger partial charge is 0.243 e. The average molecular weight is 440 g/mol. The predicted octanol–water partition coefficient (Wildman–Crippen LogP) is 2.66. The highest BCUT2D eigenvalue weighted by Gasteiger charge is 2.52. The Labute approximate surface area is 165 Å². The molecule has 6 nitrogen and oxygen atoms in total. The van der Waals surface area contributed by atoms with E-state index in [1.807, 2.05) is 32.0 Å². The van der Waals surface area contributed by atoms with Crippen LogP contribution in [0.5, 0.6) is 0 Å². The molecule has 0 bridgehead atoms. The molecule has 2 saturated heterocycles. The Morgan fingerprint density at radius 1 is 1.42 bits per heavy atom. The van der Waals surface area contributed by atoms with Crippen LogP contribution >= 0.6 is 27.7 Å². The number of anilines is 1. The van der Waals surface area contributed by atoms with Crippen LogP contribution in [0.2, 0.25) is 0 Å². The second kappa shape index (κ2) is 7.60. The van der Waals surface area contributed by atoms with E-state index in [0.29, 0.717) is 12.2 Å². The van der Waals surface area contributed by atoms with E-state index in [4.69, 9.17) is 0 Å². The van der Waals surface area contributed by atoms with Gasteiger partial charge in [-0.15, -0.1) is 11.8 Å². The quantitative estimate of drug-likeness (QED) is 0.738. The van der Waals surface area contributed by atoms with E-state index >= 15 is 0 Å². The van der Waals surface area contributed by atoms with Gasteiger partial charge in [0, 0.05) is 35.3 Å². The van der Waals surface area contributed by atoms with Crippen molar-refractivity contribution in [3.63, 3.8) is 0 Å². The highest BCUT2D eigenvalue weighted by atomic mass is 79.9. The summed E-state index contributed by atoms with van der Waals surface area (Å²) in [6.45, 7) is 4.19. The number of carbonyl (C=O) groups is 3. The summed E-state index contributed by atoms with van der Waals surface area (Å²) in [6.07, 6.45) is 1.47. The van der Waals surface area contributed by atoms with E-state index in [2.05, 4.69) is 26.6 Å². The van der Waals surface area contributed by atoms with Crippen LogP contribution in [0, 0.1) is 6.92 Å². The third-order valence-electron chi connectivity index (χ3n) is 4.87. The molecule has 2 heterocycles. The fraction of sp³-hybridized carbons (Fsp3) is 0.500. The summed E-state index contributed by atoms with van der Waals surface area (Å²) in [5.74, 6) is 0.315. The summed E-state index contributed by atoms with van der Waals surface area (Å²) in [5.41, 5.74) is 1.72. The Balaban J connectivity index is 1.49. The molecule has 1 aromatic rings. The molecule has 2 fully saturated rings. The second-order valence-electron chi connectivity index (χ2n) is 6.81. The topological polar surface area (TPSA) is 78.5 Å². The normalized spacial score (nSPS) is 24.5. The van der Waals surface area contributed by atoms with Crippen molar-refractivity contribution in [2.24, 2.45) is 0 Å². The standard InChI is InChI=1S/C18H22BrN3O3S/c1-11-3-4-12(19)9-13(11)21-15(23)6-8-20-17(25)14-10-26-18(2)7-5-16(24)22(14)18/h3-4,9,14H,5-8,10H2,1-2H3,(H,20,25)(H,21,23). The molecule has 0 spiro atoms. The zero-order valence-corrected chi connectivity index (χ0v) is 17.2. The molecule has 2 aliphatic heterocycles. The minimum Gasteiger partial charge on any atom is -0.354 e. The zero-order chi connectivity index (χ0) is 18.9. The van der Waals surface area contributed by atoms with E-state index in [1.54, 1.807) is 16.7 Å². The number of thioether (sulfide) groups is 1. The van der Waals surface area contributed by atoms with Crippen molar-refractivity contribution < 1.29 is 14.4 Å². The Morgan fingerprint density at radius 3 is 2.96 bits per heavy atom. The van der Waals surface area contributed by atoms with E-state index in [1.165, 1.54) is 0 Å². The molecule has 2 aliphatic rings. The second-order valence-corrected chi connectivity index (χ2v) is 9.23. The van der Waals surface area contributed by atoms with Gasteiger partial charge in [0.25, 0.3) is 0 Å². The van der Waals surface area contributed by atoms with Gasteiger partial charge in [0.05, 0.1) is 4.87 Å². The fourth-order valence-corrected chi connectivity index (χ4v) is 5.17. The summed E-state index contributed by atoms with van der Waals surface area (Å²) in [6, 6.07) is 5.25. The molecule has 0 aliphatic carbocycles. The van der Waals surface area contributed by atoms with E-state index in [0.717, 1.165) is 22.1 Å². The molecular formula is C18H22BrN3O3S. The number of rotatable bonds is 5. The van der Waals surface area contributed by atoms with Gasteiger partial charge in [-0.1, -0.05) is 22.0 Å². The first-order valence-electron chi connectivity index (χ1n) is 8.60. The Hall–Kier alpha value is -1.54. The van der Waals surface area contributed by atoms with Gasteiger partial charge >= 0.3 is 0 Å². The van der Waals surface area contributed by atoms with Gasteiger partial charge in [-0.05, 0) is 38.0 Å². The van der Waals surface area contributed by atoms with Crippen molar-refractivity contribution in [1.29, 1.82) is 0 Å². The van der Waals surface area contributed by atoms with Crippen LogP contribution in [-0.2, 0) is 14.4 Å². The van der Waals surface area contributed by atoms with Crippen LogP contribution in [0.3, 0.4) is 0 Å². The molecule has 0 radical (unpaired) electrons. The zero-order valence-electron chi connectivity index (χ0n) is 14.8. The van der Waals surface area contributed by atoms with Gasteiger partial charge in [-0.2, -0.15) is 0 Å². The number of halogens is 1. The van der Waals surface area contributed by atoms with Gasteiger partial charge in [-0.25, -0.2) is 0 Å². The number of hydrogen-bond acceptors (Lipinski definition) is 4. The van der Waals surface area contributed by atoms with Gasteiger partial charge in [-0.3, -0.25) is 14.4 Å². The monoisotopic (exact) mass is 439 g/mol. The number of amides is 3. The Morgan fingerprint density at radius 2 is 2.19 bits per heavy atom. The van der Waals surface area contributed by atoms with E-state index < -0.39 is 6.04 Å². The molecule has 26 heavy (non-hydrogen) atoms. The van der Waals surface area contributed by atoms with Crippen LogP contribution < -0.4 is 10.6 Å². The van der Waals surface area contributed by atoms with Crippen molar-refractivity contribution >= 4 is 51.1 Å². The van der Waals surface area contributed by atoms with E-state index in [-0.39, 0.29) is 35.6 Å². The van der Waals surface area contributed by atoms with Gasteiger partial charge in [0.2, 0.25) is 17.7 Å². The van der Waals surface area contributed by atoms with Crippen LogP contribution in [0.1, 0.15) is 31.7 Å². The molecule has 2 atom stereocenters. The number of aryl methyl sites for hydroxylation is 1. The summed E-state index contributed by atoms with van der Waals surface area (Å²) in [5, 5.41) is 5.66. The van der Waals surface area contributed by atoms with Gasteiger partial charge in [0.15, 0.2) is 0 Å². The third kappa shape index (κ3) is 3.91. The molecule has 1 aromatic carbocycles. The molecule has 0 saturated carbocycles. The lowest BCUT2D eigenvalue weighted by molar-refractivity contribution is -0.138. The summed E-state index contributed by atoms with van der Waals surface area (Å²) < 4.78 is 0.892. The van der Waals surface area contributed by atoms with E-state index in [9.17, 15) is 14.4 Å². The first-order chi connectivity index (χ1) is 12.3. The SMILES string of the molecule is Cc1ccc(Br)cc1NC(=O)CCNC(=O)C1CSC2(C)CCC(=O)N12. The largest absolute Gasteiger partial charge is 0.354 e. The lowest BCUT2D eigenvalue weighted by Crippen LogP contribution is -2.50. The van der Waals surface area contributed by atoms with Crippen molar-refractivity contribution in [3.8, 4) is 0 Å². The maximum atomic E-state index is 12.5. The number of benzene rings is 1. The minimum atomic E-state index is -0.435. The van der Waals surface area contributed by atoms with Crippen molar-refractivity contribution in [3.05, 3.63) is 28.2 Å². The predicted molar refractivity (Wildman–Crippen MR) is 106 cm³/mol.